The van der Waals surface area contributed by atoms with Gasteiger partial charge in [-0.1, -0.05) is 11.3 Å². The molecule has 0 bridgehead atoms. The molecule has 1 atom stereocenters. The van der Waals surface area contributed by atoms with Crippen LogP contribution in [0.25, 0.3) is 0 Å². The molecule has 94 valence electrons. The van der Waals surface area contributed by atoms with E-state index in [0.717, 1.165) is 28.8 Å². The van der Waals surface area contributed by atoms with Gasteiger partial charge in [-0.15, -0.1) is 0 Å². The zero-order valence-corrected chi connectivity index (χ0v) is 11.1. The summed E-state index contributed by atoms with van der Waals surface area (Å²) in [7, 11) is 1.81. The molecule has 1 fully saturated rings. The molecule has 1 saturated heterocycles. The third-order valence-electron chi connectivity index (χ3n) is 2.93. The molecular weight excluding hydrogens is 238 g/mol. The largest absolute Gasteiger partial charge is 0.388 e. The standard InChI is InChI=1S/C11H17N3O2S/c1-7-10(8(2)15)17-11(12-7)14-5-4-13(3)9(16)6-14/h8,15H,4-6H2,1-3H3. The maximum atomic E-state index is 11.6. The van der Waals surface area contributed by atoms with Crippen molar-refractivity contribution in [2.75, 3.05) is 31.6 Å². The minimum absolute atomic E-state index is 0.114. The summed E-state index contributed by atoms with van der Waals surface area (Å²) in [6.45, 7) is 5.53. The summed E-state index contributed by atoms with van der Waals surface area (Å²) in [4.78, 5) is 20.6. The van der Waals surface area contributed by atoms with E-state index in [1.807, 2.05) is 18.9 Å². The number of aryl methyl sites for hydroxylation is 1. The third-order valence-corrected chi connectivity index (χ3v) is 4.32. The molecule has 1 aliphatic heterocycles. The zero-order valence-electron chi connectivity index (χ0n) is 10.3. The van der Waals surface area contributed by atoms with E-state index in [-0.39, 0.29) is 5.91 Å². The highest BCUT2D eigenvalue weighted by Gasteiger charge is 2.24. The molecule has 1 aromatic heterocycles. The summed E-state index contributed by atoms with van der Waals surface area (Å²) in [5.41, 5.74) is 0.853. The maximum absolute atomic E-state index is 11.6. The van der Waals surface area contributed by atoms with Crippen molar-refractivity contribution >= 4 is 22.4 Å². The number of rotatable bonds is 2. The maximum Gasteiger partial charge on any atom is 0.241 e. The number of likely N-dealkylation sites (N-methyl/N-ethyl adjacent to an activating group) is 1. The second kappa shape index (κ2) is 4.62. The number of anilines is 1. The van der Waals surface area contributed by atoms with Crippen molar-refractivity contribution in [2.24, 2.45) is 0 Å². The van der Waals surface area contributed by atoms with Crippen LogP contribution in [0.3, 0.4) is 0 Å². The van der Waals surface area contributed by atoms with Gasteiger partial charge in [0.2, 0.25) is 5.91 Å². The smallest absolute Gasteiger partial charge is 0.241 e. The van der Waals surface area contributed by atoms with Crippen LogP contribution in [-0.2, 0) is 4.79 Å². The Bertz CT molecular complexity index is 430. The highest BCUT2D eigenvalue weighted by molar-refractivity contribution is 7.15. The third kappa shape index (κ3) is 2.42. The zero-order chi connectivity index (χ0) is 12.6. The lowest BCUT2D eigenvalue weighted by Crippen LogP contribution is -2.48. The summed E-state index contributed by atoms with van der Waals surface area (Å²) >= 11 is 1.47. The number of amides is 1. The van der Waals surface area contributed by atoms with Crippen LogP contribution in [0.4, 0.5) is 5.13 Å². The Morgan fingerprint density at radius 2 is 2.18 bits per heavy atom. The molecule has 5 nitrogen and oxygen atoms in total. The number of aliphatic hydroxyl groups excluding tert-OH is 1. The van der Waals surface area contributed by atoms with Crippen LogP contribution in [0.15, 0.2) is 0 Å². The van der Waals surface area contributed by atoms with E-state index in [4.69, 9.17) is 0 Å². The lowest BCUT2D eigenvalue weighted by molar-refractivity contribution is -0.129. The van der Waals surface area contributed by atoms with E-state index in [1.54, 1.807) is 11.8 Å². The number of hydrogen-bond acceptors (Lipinski definition) is 5. The SMILES string of the molecule is Cc1nc(N2CCN(C)C(=O)C2)sc1C(C)O. The molecule has 2 rings (SSSR count). The monoisotopic (exact) mass is 255 g/mol. The fourth-order valence-electron chi connectivity index (χ4n) is 1.84. The summed E-state index contributed by atoms with van der Waals surface area (Å²) in [6.07, 6.45) is -0.496. The van der Waals surface area contributed by atoms with Gasteiger partial charge >= 0.3 is 0 Å². The first-order valence-corrected chi connectivity index (χ1v) is 6.45. The molecule has 0 radical (unpaired) electrons. The molecule has 0 spiro atoms. The Hall–Kier alpha value is -1.14. The van der Waals surface area contributed by atoms with Crippen molar-refractivity contribution in [1.82, 2.24) is 9.88 Å². The van der Waals surface area contributed by atoms with Crippen molar-refractivity contribution in [3.63, 3.8) is 0 Å². The Labute approximate surface area is 105 Å². The van der Waals surface area contributed by atoms with Gasteiger partial charge in [0.15, 0.2) is 5.13 Å². The fourth-order valence-corrected chi connectivity index (χ4v) is 2.87. The summed E-state index contributed by atoms with van der Waals surface area (Å²) in [6, 6.07) is 0. The Kier molecular flexibility index (Phi) is 3.35. The van der Waals surface area contributed by atoms with E-state index in [1.165, 1.54) is 11.3 Å². The van der Waals surface area contributed by atoms with Gasteiger partial charge in [-0.2, -0.15) is 0 Å². The van der Waals surface area contributed by atoms with Crippen LogP contribution in [0.2, 0.25) is 0 Å². The molecule has 0 saturated carbocycles. The van der Waals surface area contributed by atoms with Gasteiger partial charge in [-0.25, -0.2) is 4.98 Å². The number of nitrogens with zero attached hydrogens (tertiary/aromatic N) is 3. The average molecular weight is 255 g/mol. The lowest BCUT2D eigenvalue weighted by atomic mass is 10.3. The average Bonchev–Trinajstić information content (AvgIpc) is 2.64. The molecule has 17 heavy (non-hydrogen) atoms. The van der Waals surface area contributed by atoms with Gasteiger partial charge < -0.3 is 14.9 Å². The molecule has 1 aromatic rings. The van der Waals surface area contributed by atoms with Gasteiger partial charge in [-0.05, 0) is 13.8 Å². The number of thiazole rings is 1. The van der Waals surface area contributed by atoms with Crippen LogP contribution >= 0.6 is 11.3 Å². The van der Waals surface area contributed by atoms with Gasteiger partial charge in [0.05, 0.1) is 23.2 Å². The number of aromatic nitrogens is 1. The first kappa shape index (κ1) is 12.3. The van der Waals surface area contributed by atoms with E-state index in [2.05, 4.69) is 4.98 Å². The highest BCUT2D eigenvalue weighted by atomic mass is 32.1. The summed E-state index contributed by atoms with van der Waals surface area (Å²) < 4.78 is 0. The van der Waals surface area contributed by atoms with Gasteiger partial charge in [0.25, 0.3) is 0 Å². The molecule has 0 aromatic carbocycles. The van der Waals surface area contributed by atoms with E-state index >= 15 is 0 Å². The molecule has 1 N–H and O–H groups in total. The fraction of sp³-hybridized carbons (Fsp3) is 0.636. The summed E-state index contributed by atoms with van der Waals surface area (Å²) in [5.74, 6) is 0.114. The van der Waals surface area contributed by atoms with Gasteiger partial charge in [0.1, 0.15) is 0 Å². The molecule has 2 heterocycles. The Balaban J connectivity index is 2.18. The topological polar surface area (TPSA) is 56.7 Å². The predicted molar refractivity (Wildman–Crippen MR) is 67.3 cm³/mol. The molecule has 0 aliphatic carbocycles. The van der Waals surface area contributed by atoms with Crippen molar-refractivity contribution in [1.29, 1.82) is 0 Å². The minimum Gasteiger partial charge on any atom is -0.388 e. The molecular formula is C11H17N3O2S. The van der Waals surface area contributed by atoms with Crippen molar-refractivity contribution in [2.45, 2.75) is 20.0 Å². The van der Waals surface area contributed by atoms with Crippen LogP contribution in [0.1, 0.15) is 23.6 Å². The Morgan fingerprint density at radius 1 is 1.47 bits per heavy atom. The van der Waals surface area contributed by atoms with E-state index in [0.29, 0.717) is 6.54 Å². The van der Waals surface area contributed by atoms with Gasteiger partial charge in [-0.3, -0.25) is 4.79 Å². The predicted octanol–water partition coefficient (Wildman–Crippen LogP) is 0.783. The molecule has 6 heteroatoms. The molecule has 1 amide bonds. The van der Waals surface area contributed by atoms with Crippen LogP contribution in [0.5, 0.6) is 0 Å². The first-order valence-electron chi connectivity index (χ1n) is 5.63. The minimum atomic E-state index is -0.496. The van der Waals surface area contributed by atoms with E-state index < -0.39 is 6.10 Å². The quantitative estimate of drug-likeness (QED) is 0.848. The molecule has 1 unspecified atom stereocenters. The van der Waals surface area contributed by atoms with Crippen LogP contribution in [-0.4, -0.2) is 47.6 Å². The van der Waals surface area contributed by atoms with Gasteiger partial charge in [0, 0.05) is 20.1 Å². The van der Waals surface area contributed by atoms with E-state index in [9.17, 15) is 9.90 Å². The lowest BCUT2D eigenvalue weighted by Gasteiger charge is -2.31. The number of carbonyl (C=O) groups excluding carboxylic acids is 1. The van der Waals surface area contributed by atoms with Crippen LogP contribution < -0.4 is 4.90 Å². The normalized spacial score (nSPS) is 18.7. The molecule has 1 aliphatic rings. The van der Waals surface area contributed by atoms with Crippen molar-refractivity contribution in [3.8, 4) is 0 Å². The first-order chi connectivity index (χ1) is 7.99. The number of carbonyl (C=O) groups is 1. The van der Waals surface area contributed by atoms with Crippen LogP contribution in [0, 0.1) is 6.92 Å². The highest BCUT2D eigenvalue weighted by Crippen LogP contribution is 2.30. The Morgan fingerprint density at radius 3 is 2.71 bits per heavy atom. The number of piperazine rings is 1. The number of hydrogen-bond donors (Lipinski definition) is 1. The second-order valence-electron chi connectivity index (χ2n) is 4.36. The summed E-state index contributed by atoms with van der Waals surface area (Å²) in [5, 5.41) is 10.4. The number of aliphatic hydroxyl groups is 1. The van der Waals surface area contributed by atoms with Crippen molar-refractivity contribution < 1.29 is 9.90 Å². The second-order valence-corrected chi connectivity index (χ2v) is 5.37. The van der Waals surface area contributed by atoms with Crippen molar-refractivity contribution in [3.05, 3.63) is 10.6 Å².